The van der Waals surface area contributed by atoms with Crippen LogP contribution in [0, 0.1) is 0 Å². The van der Waals surface area contributed by atoms with Crippen molar-refractivity contribution < 1.29 is 0 Å². The zero-order chi connectivity index (χ0) is 6.99. The Morgan fingerprint density at radius 3 is 1.38 bits per heavy atom. The largest absolute Gasteiger partial charge is 0.358 e. The Kier molecular flexibility index (Phi) is 12.3. The Morgan fingerprint density at radius 2 is 1.38 bits per heavy atom. The van der Waals surface area contributed by atoms with Crippen molar-refractivity contribution in [3.63, 3.8) is 0 Å². The van der Waals surface area contributed by atoms with Crippen molar-refractivity contribution in [2.45, 2.75) is 13.8 Å². The second-order valence-corrected chi connectivity index (χ2v) is 1.03. The molecule has 0 saturated heterocycles. The van der Waals surface area contributed by atoms with Gasteiger partial charge in [-0.3, -0.25) is 0 Å². The lowest BCUT2D eigenvalue weighted by Crippen LogP contribution is -1.96. The molecule has 0 aromatic carbocycles. The van der Waals surface area contributed by atoms with Gasteiger partial charge in [0.1, 0.15) is 0 Å². The maximum atomic E-state index is 3.49. The van der Waals surface area contributed by atoms with Crippen molar-refractivity contribution in [3.8, 4) is 0 Å². The van der Waals surface area contributed by atoms with Crippen LogP contribution in [0.1, 0.15) is 13.8 Å². The van der Waals surface area contributed by atoms with E-state index >= 15 is 0 Å². The van der Waals surface area contributed by atoms with Gasteiger partial charge in [-0.25, -0.2) is 0 Å². The van der Waals surface area contributed by atoms with E-state index in [-0.39, 0.29) is 0 Å². The van der Waals surface area contributed by atoms with Gasteiger partial charge in [0.05, 0.1) is 0 Å². The molecule has 0 N–H and O–H groups in total. The van der Waals surface area contributed by atoms with Gasteiger partial charge in [0.25, 0.3) is 0 Å². The van der Waals surface area contributed by atoms with Crippen molar-refractivity contribution in [1.29, 1.82) is 0 Å². The predicted octanol–water partition coefficient (Wildman–Crippen LogP) is 2.23. The van der Waals surface area contributed by atoms with Crippen LogP contribution in [0.5, 0.6) is 0 Å². The smallest absolute Gasteiger partial charge is 0.0106 e. The molecule has 0 aliphatic carbocycles. The van der Waals surface area contributed by atoms with E-state index in [2.05, 4.69) is 13.2 Å². The highest BCUT2D eigenvalue weighted by atomic mass is 15.0. The summed E-state index contributed by atoms with van der Waals surface area (Å²) in [6.07, 6.45) is 3.38. The highest BCUT2D eigenvalue weighted by Crippen LogP contribution is 1.75. The number of nitrogens with zero attached hydrogens (tertiary/aromatic N) is 1. The first-order valence-electron chi connectivity index (χ1n) is 2.78. The van der Waals surface area contributed by atoms with Gasteiger partial charge < -0.3 is 4.90 Å². The van der Waals surface area contributed by atoms with Gasteiger partial charge in [0.15, 0.2) is 0 Å². The van der Waals surface area contributed by atoms with E-state index in [1.54, 1.807) is 17.3 Å². The van der Waals surface area contributed by atoms with Gasteiger partial charge in [0.2, 0.25) is 0 Å². The second kappa shape index (κ2) is 9.56. The van der Waals surface area contributed by atoms with Gasteiger partial charge in [-0.2, -0.15) is 0 Å². The fourth-order valence-electron chi connectivity index (χ4n) is 0.0745. The maximum absolute atomic E-state index is 3.49. The van der Waals surface area contributed by atoms with Crippen molar-refractivity contribution in [1.82, 2.24) is 4.90 Å². The standard InChI is InChI=1S/C5H9N.C2H6/c1-4-6(3)5-2;1-2/h4-5H,1-2H2,3H3;1-2H3. The molecule has 1 nitrogen and oxygen atoms in total. The average Bonchev–Trinajstić information content (AvgIpc) is 1.91. The first-order valence-corrected chi connectivity index (χ1v) is 2.78. The van der Waals surface area contributed by atoms with E-state index < -0.39 is 0 Å². The van der Waals surface area contributed by atoms with Crippen LogP contribution in [0.4, 0.5) is 0 Å². The van der Waals surface area contributed by atoms with Crippen LogP contribution >= 0.6 is 0 Å². The number of hydrogen-bond acceptors (Lipinski definition) is 1. The van der Waals surface area contributed by atoms with E-state index in [1.165, 1.54) is 0 Å². The predicted molar refractivity (Wildman–Crippen MR) is 39.5 cm³/mol. The topological polar surface area (TPSA) is 3.24 Å². The highest BCUT2D eigenvalue weighted by Gasteiger charge is 1.68. The monoisotopic (exact) mass is 113 g/mol. The Morgan fingerprint density at radius 1 is 1.12 bits per heavy atom. The second-order valence-electron chi connectivity index (χ2n) is 1.03. The average molecular weight is 113 g/mol. The molecule has 0 atom stereocenters. The fraction of sp³-hybridized carbons (Fsp3) is 0.429. The summed E-state index contributed by atoms with van der Waals surface area (Å²) in [5.41, 5.74) is 0. The minimum absolute atomic E-state index is 1.69. The molecule has 0 aliphatic rings. The molecule has 0 bridgehead atoms. The molecular formula is C7H15N. The molecule has 0 rings (SSSR count). The summed E-state index contributed by atoms with van der Waals surface area (Å²) in [6, 6.07) is 0. The maximum Gasteiger partial charge on any atom is 0.0106 e. The fourth-order valence-corrected chi connectivity index (χ4v) is 0.0745. The molecule has 0 heterocycles. The van der Waals surface area contributed by atoms with E-state index in [0.29, 0.717) is 0 Å². The van der Waals surface area contributed by atoms with Gasteiger partial charge >= 0.3 is 0 Å². The van der Waals surface area contributed by atoms with Crippen molar-refractivity contribution in [3.05, 3.63) is 25.6 Å². The molecule has 0 amide bonds. The molecule has 0 spiro atoms. The Bertz CT molecular complexity index is 49.4. The quantitative estimate of drug-likeness (QED) is 0.530. The summed E-state index contributed by atoms with van der Waals surface area (Å²) in [4.78, 5) is 1.78. The van der Waals surface area contributed by atoms with Gasteiger partial charge in [-0.1, -0.05) is 27.0 Å². The highest BCUT2D eigenvalue weighted by molar-refractivity contribution is 4.75. The molecule has 48 valence electrons. The van der Waals surface area contributed by atoms with E-state index in [0.717, 1.165) is 0 Å². The van der Waals surface area contributed by atoms with Crippen LogP contribution in [0.3, 0.4) is 0 Å². The first kappa shape index (κ1) is 10.3. The summed E-state index contributed by atoms with van der Waals surface area (Å²) >= 11 is 0. The minimum Gasteiger partial charge on any atom is -0.358 e. The summed E-state index contributed by atoms with van der Waals surface area (Å²) in [5.74, 6) is 0. The van der Waals surface area contributed by atoms with Crippen LogP contribution in [-0.2, 0) is 0 Å². The van der Waals surface area contributed by atoms with Crippen LogP contribution in [0.2, 0.25) is 0 Å². The van der Waals surface area contributed by atoms with Crippen molar-refractivity contribution in [2.24, 2.45) is 0 Å². The Balaban J connectivity index is 0. The summed E-state index contributed by atoms with van der Waals surface area (Å²) in [7, 11) is 1.88. The lowest BCUT2D eigenvalue weighted by molar-refractivity contribution is 0.631. The summed E-state index contributed by atoms with van der Waals surface area (Å²) < 4.78 is 0. The van der Waals surface area contributed by atoms with Gasteiger partial charge in [-0.05, 0) is 12.4 Å². The summed E-state index contributed by atoms with van der Waals surface area (Å²) in [6.45, 7) is 11.0. The molecule has 1 heteroatoms. The van der Waals surface area contributed by atoms with Crippen molar-refractivity contribution in [2.75, 3.05) is 7.05 Å². The Hall–Kier alpha value is -0.720. The third-order valence-electron chi connectivity index (χ3n) is 0.576. The molecule has 0 radical (unpaired) electrons. The third kappa shape index (κ3) is 8.99. The molecule has 0 fully saturated rings. The molecule has 0 aromatic heterocycles. The van der Waals surface area contributed by atoms with E-state index in [9.17, 15) is 0 Å². The SMILES string of the molecule is C=CN(C)C=C.CC. The van der Waals surface area contributed by atoms with Crippen LogP contribution < -0.4 is 0 Å². The molecule has 0 saturated carbocycles. The molecular weight excluding hydrogens is 98.1 g/mol. The first-order chi connectivity index (χ1) is 3.81. The zero-order valence-corrected chi connectivity index (χ0v) is 6.02. The minimum atomic E-state index is 1.69. The van der Waals surface area contributed by atoms with E-state index in [1.807, 2.05) is 20.9 Å². The molecule has 0 aliphatic heterocycles. The summed E-state index contributed by atoms with van der Waals surface area (Å²) in [5, 5.41) is 0. The third-order valence-corrected chi connectivity index (χ3v) is 0.576. The van der Waals surface area contributed by atoms with E-state index in [4.69, 9.17) is 0 Å². The van der Waals surface area contributed by atoms with Gasteiger partial charge in [-0.15, -0.1) is 0 Å². The lowest BCUT2D eigenvalue weighted by Gasteiger charge is -2.00. The molecule has 0 unspecified atom stereocenters. The number of rotatable bonds is 2. The normalized spacial score (nSPS) is 5.88. The van der Waals surface area contributed by atoms with Gasteiger partial charge in [0, 0.05) is 7.05 Å². The van der Waals surface area contributed by atoms with Crippen LogP contribution in [0.25, 0.3) is 0 Å². The molecule has 0 aromatic rings. The van der Waals surface area contributed by atoms with Crippen LogP contribution in [0.15, 0.2) is 25.6 Å². The number of hydrogen-bond donors (Lipinski definition) is 0. The lowest BCUT2D eigenvalue weighted by atomic mass is 10.8. The Labute approximate surface area is 52.3 Å². The van der Waals surface area contributed by atoms with Crippen LogP contribution in [-0.4, -0.2) is 11.9 Å². The van der Waals surface area contributed by atoms with Crippen molar-refractivity contribution >= 4 is 0 Å². The molecule has 8 heavy (non-hydrogen) atoms. The zero-order valence-electron chi connectivity index (χ0n) is 6.02.